The van der Waals surface area contributed by atoms with Gasteiger partial charge >= 0.3 is 0 Å². The number of rotatable bonds is 8. The van der Waals surface area contributed by atoms with Crippen molar-refractivity contribution in [2.45, 2.75) is 6.61 Å². The molecule has 0 bridgehead atoms. The molecule has 8 nitrogen and oxygen atoms in total. The van der Waals surface area contributed by atoms with Gasteiger partial charge in [0.05, 0.1) is 12.8 Å². The Kier molecular flexibility index (Phi) is 6.75. The zero-order chi connectivity index (χ0) is 24.7. The van der Waals surface area contributed by atoms with Crippen LogP contribution in [0.15, 0.2) is 90.0 Å². The number of nitrogens with one attached hydrogen (secondary N) is 2. The van der Waals surface area contributed by atoms with Crippen LogP contribution in [0, 0.1) is 0 Å². The number of hydrogen-bond donors (Lipinski definition) is 2. The highest BCUT2D eigenvalue weighted by molar-refractivity contribution is 6.03. The molecule has 0 fully saturated rings. The standard InChI is InChI=1S/C28H23N3O5/c32-27(16-29-28(33)21-11-13-25-26(14-21)36-18-35-25)31-30-15-23-22-9-5-4-8-20(22)10-12-24(23)34-17-19-6-2-1-3-7-19/h1-15H,16-18H2,(H,29,33)(H,31,32). The molecule has 4 aromatic carbocycles. The smallest absolute Gasteiger partial charge is 0.259 e. The Balaban J connectivity index is 1.23. The largest absolute Gasteiger partial charge is 0.488 e. The van der Waals surface area contributed by atoms with E-state index in [4.69, 9.17) is 14.2 Å². The molecule has 0 unspecified atom stereocenters. The summed E-state index contributed by atoms with van der Waals surface area (Å²) < 4.78 is 16.6. The van der Waals surface area contributed by atoms with E-state index in [1.165, 1.54) is 0 Å². The lowest BCUT2D eigenvalue weighted by Crippen LogP contribution is -2.34. The van der Waals surface area contributed by atoms with Gasteiger partial charge in [0.25, 0.3) is 11.8 Å². The van der Waals surface area contributed by atoms with Crippen LogP contribution in [0.4, 0.5) is 0 Å². The summed E-state index contributed by atoms with van der Waals surface area (Å²) in [5.41, 5.74) is 4.61. The lowest BCUT2D eigenvalue weighted by molar-refractivity contribution is -0.120. The summed E-state index contributed by atoms with van der Waals surface area (Å²) in [5, 5.41) is 8.65. The number of carbonyl (C=O) groups is 2. The van der Waals surface area contributed by atoms with Gasteiger partial charge in [-0.3, -0.25) is 9.59 Å². The predicted molar refractivity (Wildman–Crippen MR) is 135 cm³/mol. The Morgan fingerprint density at radius 3 is 2.61 bits per heavy atom. The number of benzene rings is 4. The van der Waals surface area contributed by atoms with Crippen molar-refractivity contribution in [2.24, 2.45) is 5.10 Å². The first-order valence-corrected chi connectivity index (χ1v) is 11.4. The van der Waals surface area contributed by atoms with Crippen molar-refractivity contribution in [1.29, 1.82) is 0 Å². The SMILES string of the molecule is O=C(CNC(=O)c1ccc2c(c1)OCO2)NN=Cc1c(OCc2ccccc2)ccc2ccccc12. The first-order chi connectivity index (χ1) is 17.7. The molecule has 4 aromatic rings. The van der Waals surface area contributed by atoms with Crippen molar-refractivity contribution in [3.63, 3.8) is 0 Å². The summed E-state index contributed by atoms with van der Waals surface area (Å²) in [6, 6.07) is 26.4. The van der Waals surface area contributed by atoms with E-state index in [9.17, 15) is 9.59 Å². The minimum Gasteiger partial charge on any atom is -0.488 e. The van der Waals surface area contributed by atoms with Crippen LogP contribution in [0.1, 0.15) is 21.5 Å². The van der Waals surface area contributed by atoms with Gasteiger partial charge in [-0.2, -0.15) is 5.10 Å². The van der Waals surface area contributed by atoms with Crippen molar-refractivity contribution in [2.75, 3.05) is 13.3 Å². The van der Waals surface area contributed by atoms with E-state index in [0.29, 0.717) is 29.4 Å². The maximum Gasteiger partial charge on any atom is 0.259 e. The Hall–Kier alpha value is -4.85. The minimum atomic E-state index is -0.465. The molecule has 5 rings (SSSR count). The van der Waals surface area contributed by atoms with Crippen LogP contribution in [0.5, 0.6) is 17.2 Å². The number of hydrazone groups is 1. The monoisotopic (exact) mass is 481 g/mol. The van der Waals surface area contributed by atoms with Gasteiger partial charge in [-0.1, -0.05) is 60.7 Å². The average molecular weight is 482 g/mol. The Morgan fingerprint density at radius 2 is 1.72 bits per heavy atom. The van der Waals surface area contributed by atoms with E-state index in [-0.39, 0.29) is 13.3 Å². The summed E-state index contributed by atoms with van der Waals surface area (Å²) in [6.07, 6.45) is 1.56. The van der Waals surface area contributed by atoms with E-state index in [1.807, 2.05) is 66.7 Å². The van der Waals surface area contributed by atoms with Crippen LogP contribution in [-0.2, 0) is 11.4 Å². The quantitative estimate of drug-likeness (QED) is 0.293. The Labute approximate surface area is 207 Å². The molecule has 1 aliphatic rings. The topological polar surface area (TPSA) is 98.3 Å². The number of nitrogens with zero attached hydrogens (tertiary/aromatic N) is 1. The van der Waals surface area contributed by atoms with Crippen molar-refractivity contribution in [1.82, 2.24) is 10.7 Å². The van der Waals surface area contributed by atoms with Crippen molar-refractivity contribution < 1.29 is 23.8 Å². The molecular weight excluding hydrogens is 458 g/mol. The molecule has 36 heavy (non-hydrogen) atoms. The second-order valence-corrected chi connectivity index (χ2v) is 8.02. The molecule has 2 N–H and O–H groups in total. The predicted octanol–water partition coefficient (Wildman–Crippen LogP) is 4.03. The molecule has 0 saturated heterocycles. The van der Waals surface area contributed by atoms with Crippen LogP contribution in [0.2, 0.25) is 0 Å². The maximum absolute atomic E-state index is 12.4. The van der Waals surface area contributed by atoms with E-state index in [0.717, 1.165) is 21.9 Å². The van der Waals surface area contributed by atoms with E-state index < -0.39 is 11.8 Å². The lowest BCUT2D eigenvalue weighted by Gasteiger charge is -2.12. The lowest BCUT2D eigenvalue weighted by atomic mass is 10.0. The van der Waals surface area contributed by atoms with Gasteiger partial charge in [0.1, 0.15) is 12.4 Å². The summed E-state index contributed by atoms with van der Waals surface area (Å²) in [4.78, 5) is 24.7. The highest BCUT2D eigenvalue weighted by Crippen LogP contribution is 2.32. The molecule has 8 heteroatoms. The highest BCUT2D eigenvalue weighted by Gasteiger charge is 2.16. The number of amides is 2. The third-order valence-corrected chi connectivity index (χ3v) is 5.60. The molecular formula is C28H23N3O5. The molecule has 180 valence electrons. The normalized spacial score (nSPS) is 12.0. The van der Waals surface area contributed by atoms with Crippen LogP contribution >= 0.6 is 0 Å². The zero-order valence-electron chi connectivity index (χ0n) is 19.3. The fourth-order valence-electron chi connectivity index (χ4n) is 3.78. The fraction of sp³-hybridized carbons (Fsp3) is 0.107. The molecule has 2 amide bonds. The molecule has 0 radical (unpaired) electrons. The van der Waals surface area contributed by atoms with Crippen molar-refractivity contribution in [3.8, 4) is 17.2 Å². The fourth-order valence-corrected chi connectivity index (χ4v) is 3.78. The summed E-state index contributed by atoms with van der Waals surface area (Å²) in [6.45, 7) is 0.284. The third kappa shape index (κ3) is 5.28. The first-order valence-electron chi connectivity index (χ1n) is 11.4. The minimum absolute atomic E-state index is 0.122. The summed E-state index contributed by atoms with van der Waals surface area (Å²) in [7, 11) is 0. The number of fused-ring (bicyclic) bond motifs is 2. The highest BCUT2D eigenvalue weighted by atomic mass is 16.7. The van der Waals surface area contributed by atoms with Crippen LogP contribution in [0.3, 0.4) is 0 Å². The second-order valence-electron chi connectivity index (χ2n) is 8.02. The van der Waals surface area contributed by atoms with E-state index >= 15 is 0 Å². The van der Waals surface area contributed by atoms with Gasteiger partial charge < -0.3 is 19.5 Å². The Bertz CT molecular complexity index is 1440. The van der Waals surface area contributed by atoms with Crippen molar-refractivity contribution in [3.05, 3.63) is 102 Å². The number of ether oxygens (including phenoxy) is 3. The Morgan fingerprint density at radius 1 is 0.917 bits per heavy atom. The number of hydrogen-bond acceptors (Lipinski definition) is 6. The second kappa shape index (κ2) is 10.6. The van der Waals surface area contributed by atoms with Crippen LogP contribution in [0.25, 0.3) is 10.8 Å². The van der Waals surface area contributed by atoms with E-state index in [2.05, 4.69) is 15.8 Å². The number of carbonyl (C=O) groups excluding carboxylic acids is 2. The maximum atomic E-state index is 12.4. The van der Waals surface area contributed by atoms with E-state index in [1.54, 1.807) is 24.4 Å². The molecule has 0 saturated carbocycles. The van der Waals surface area contributed by atoms with Gasteiger partial charge in [0.15, 0.2) is 11.5 Å². The van der Waals surface area contributed by atoms with Gasteiger partial charge in [0, 0.05) is 11.1 Å². The zero-order valence-corrected chi connectivity index (χ0v) is 19.3. The molecule has 0 aromatic heterocycles. The molecule has 0 spiro atoms. The van der Waals surface area contributed by atoms with Crippen LogP contribution < -0.4 is 25.0 Å². The summed E-state index contributed by atoms with van der Waals surface area (Å²) in [5.74, 6) is 0.855. The van der Waals surface area contributed by atoms with Gasteiger partial charge in [-0.15, -0.1) is 0 Å². The van der Waals surface area contributed by atoms with Gasteiger partial charge in [-0.25, -0.2) is 5.43 Å². The molecule has 0 atom stereocenters. The summed E-state index contributed by atoms with van der Waals surface area (Å²) >= 11 is 0. The van der Waals surface area contributed by atoms with Gasteiger partial charge in [0.2, 0.25) is 6.79 Å². The molecule has 1 aliphatic heterocycles. The first kappa shape index (κ1) is 22.9. The average Bonchev–Trinajstić information content (AvgIpc) is 3.40. The van der Waals surface area contributed by atoms with Crippen LogP contribution in [-0.4, -0.2) is 31.4 Å². The molecule has 0 aliphatic carbocycles. The molecule has 1 heterocycles. The van der Waals surface area contributed by atoms with Crippen molar-refractivity contribution >= 4 is 28.8 Å². The third-order valence-electron chi connectivity index (χ3n) is 5.60. The van der Waals surface area contributed by atoms with Gasteiger partial charge in [-0.05, 0) is 40.6 Å².